The molecule has 1 aliphatic carbocycles. The number of nitrogens with one attached hydrogen (secondary N) is 2. The van der Waals surface area contributed by atoms with Gasteiger partial charge >= 0.3 is 5.97 Å². The lowest BCUT2D eigenvalue weighted by Crippen LogP contribution is -2.29. The maximum Gasteiger partial charge on any atom is 0.306 e. The van der Waals surface area contributed by atoms with Gasteiger partial charge in [0.05, 0.1) is 16.9 Å². The summed E-state index contributed by atoms with van der Waals surface area (Å²) in [6.45, 7) is 0. The molecule has 2 aromatic heterocycles. The van der Waals surface area contributed by atoms with E-state index < -0.39 is 5.97 Å². The Labute approximate surface area is 196 Å². The zero-order valence-corrected chi connectivity index (χ0v) is 18.5. The summed E-state index contributed by atoms with van der Waals surface area (Å²) in [5.41, 5.74) is 2.56. The molecule has 0 bridgehead atoms. The molecule has 2 aromatic carbocycles. The van der Waals surface area contributed by atoms with Crippen LogP contribution in [0.1, 0.15) is 41.6 Å². The molecule has 172 valence electrons. The van der Waals surface area contributed by atoms with Crippen LogP contribution in [0.25, 0.3) is 11.0 Å². The number of carbonyl (C=O) groups is 2. The van der Waals surface area contributed by atoms with E-state index in [0.717, 1.165) is 29.7 Å². The van der Waals surface area contributed by atoms with Gasteiger partial charge in [-0.3, -0.25) is 9.59 Å². The summed E-state index contributed by atoms with van der Waals surface area (Å²) in [6.07, 6.45) is 6.25. The molecule has 0 amide bonds. The fourth-order valence-corrected chi connectivity index (χ4v) is 4.52. The highest BCUT2D eigenvalue weighted by Gasteiger charge is 2.27. The number of hydrogen-bond donors (Lipinski definition) is 3. The molecule has 0 saturated heterocycles. The molecule has 1 fully saturated rings. The minimum Gasteiger partial charge on any atom is -0.481 e. The summed E-state index contributed by atoms with van der Waals surface area (Å²) in [6, 6.07) is 18.6. The van der Waals surface area contributed by atoms with Crippen LogP contribution >= 0.6 is 0 Å². The first-order valence-electron chi connectivity index (χ1n) is 11.4. The molecule has 5 rings (SSSR count). The minimum atomic E-state index is -0.719. The third kappa shape index (κ3) is 4.50. The van der Waals surface area contributed by atoms with Gasteiger partial charge in [0.15, 0.2) is 5.78 Å². The highest BCUT2D eigenvalue weighted by molar-refractivity contribution is 6.18. The molecule has 0 unspecified atom stereocenters. The summed E-state index contributed by atoms with van der Waals surface area (Å²) >= 11 is 0. The van der Waals surface area contributed by atoms with E-state index >= 15 is 0 Å². The van der Waals surface area contributed by atoms with E-state index in [9.17, 15) is 14.7 Å². The van der Waals surface area contributed by atoms with E-state index in [2.05, 4.69) is 15.3 Å². The maximum atomic E-state index is 13.4. The third-order valence-corrected chi connectivity index (χ3v) is 6.35. The second-order valence-electron chi connectivity index (χ2n) is 8.58. The van der Waals surface area contributed by atoms with Crippen LogP contribution in [0.3, 0.4) is 0 Å². The Hall–Kier alpha value is -4.13. The number of aromatic amines is 1. The number of aliphatic carboxylic acids is 1. The van der Waals surface area contributed by atoms with E-state index in [0.29, 0.717) is 35.4 Å². The standard InChI is InChI=1S/C27H25N3O4/c31-25(17-8-12-21(13-9-17)34-20-4-2-1-3-5-20)22-16-29-26-24(22)23(14-15-28-26)30-19-10-6-18(7-11-19)27(32)33/h1-5,8-9,12-16,18-19H,6-7,10-11H2,(H,32,33)(H2,28,29,30). The number of para-hydroxylation sites is 1. The van der Waals surface area contributed by atoms with Crippen molar-refractivity contribution in [3.8, 4) is 11.5 Å². The maximum absolute atomic E-state index is 13.4. The van der Waals surface area contributed by atoms with E-state index in [1.165, 1.54) is 0 Å². The number of H-pyrrole nitrogens is 1. The molecule has 34 heavy (non-hydrogen) atoms. The van der Waals surface area contributed by atoms with Crippen LogP contribution < -0.4 is 10.1 Å². The molecule has 7 heteroatoms. The van der Waals surface area contributed by atoms with Crippen molar-refractivity contribution in [3.05, 3.63) is 84.2 Å². The Morgan fingerprint density at radius 2 is 1.65 bits per heavy atom. The summed E-state index contributed by atoms with van der Waals surface area (Å²) in [7, 11) is 0. The van der Waals surface area contributed by atoms with Crippen molar-refractivity contribution >= 4 is 28.5 Å². The Kier molecular flexibility index (Phi) is 5.99. The quantitative estimate of drug-likeness (QED) is 0.312. The molecule has 1 aliphatic rings. The van der Waals surface area contributed by atoms with E-state index in [1.54, 1.807) is 36.7 Å². The first kappa shape index (κ1) is 21.7. The molecule has 2 heterocycles. The van der Waals surface area contributed by atoms with Crippen molar-refractivity contribution in [3.63, 3.8) is 0 Å². The van der Waals surface area contributed by atoms with Crippen molar-refractivity contribution in [1.29, 1.82) is 0 Å². The highest BCUT2D eigenvalue weighted by atomic mass is 16.5. The number of anilines is 1. The predicted octanol–water partition coefficient (Wildman–Crippen LogP) is 5.64. The van der Waals surface area contributed by atoms with Crippen LogP contribution in [0.15, 0.2) is 73.1 Å². The van der Waals surface area contributed by atoms with Gasteiger partial charge in [0, 0.05) is 29.7 Å². The zero-order chi connectivity index (χ0) is 23.5. The number of carbonyl (C=O) groups excluding carboxylic acids is 1. The molecule has 0 aliphatic heterocycles. The number of aromatic nitrogens is 2. The Balaban J connectivity index is 1.35. The lowest BCUT2D eigenvalue weighted by Gasteiger charge is -2.28. The first-order chi connectivity index (χ1) is 16.6. The van der Waals surface area contributed by atoms with Crippen LogP contribution in [0.4, 0.5) is 5.69 Å². The number of pyridine rings is 1. The number of ether oxygens (including phenoxy) is 1. The zero-order valence-electron chi connectivity index (χ0n) is 18.5. The van der Waals surface area contributed by atoms with Crippen molar-refractivity contribution < 1.29 is 19.4 Å². The van der Waals surface area contributed by atoms with Gasteiger partial charge < -0.3 is 20.1 Å². The number of nitrogens with zero attached hydrogens (tertiary/aromatic N) is 1. The lowest BCUT2D eigenvalue weighted by atomic mass is 9.86. The number of hydrogen-bond acceptors (Lipinski definition) is 5. The van der Waals surface area contributed by atoms with Crippen molar-refractivity contribution in [2.45, 2.75) is 31.7 Å². The van der Waals surface area contributed by atoms with Crippen molar-refractivity contribution in [1.82, 2.24) is 9.97 Å². The van der Waals surface area contributed by atoms with Crippen LogP contribution in [0.2, 0.25) is 0 Å². The van der Waals surface area contributed by atoms with Crippen LogP contribution in [0.5, 0.6) is 11.5 Å². The number of carboxylic acids is 1. The largest absolute Gasteiger partial charge is 0.481 e. The molecular weight excluding hydrogens is 430 g/mol. The van der Waals surface area contributed by atoms with Crippen LogP contribution in [-0.2, 0) is 4.79 Å². The first-order valence-corrected chi connectivity index (χ1v) is 11.4. The fourth-order valence-electron chi connectivity index (χ4n) is 4.52. The second kappa shape index (κ2) is 9.39. The van der Waals surface area contributed by atoms with Gasteiger partial charge in [0.2, 0.25) is 0 Å². The number of ketones is 1. The van der Waals surface area contributed by atoms with Crippen LogP contribution in [-0.4, -0.2) is 32.9 Å². The molecule has 0 spiro atoms. The fraction of sp³-hybridized carbons (Fsp3) is 0.222. The Bertz CT molecular complexity index is 1310. The van der Waals surface area contributed by atoms with Crippen molar-refractivity contribution in [2.24, 2.45) is 5.92 Å². The Morgan fingerprint density at radius 3 is 2.35 bits per heavy atom. The summed E-state index contributed by atoms with van der Waals surface area (Å²) in [4.78, 5) is 32.1. The summed E-state index contributed by atoms with van der Waals surface area (Å²) in [5.74, 6) is 0.292. The number of carboxylic acid groups (broad SMARTS) is 1. The summed E-state index contributed by atoms with van der Waals surface area (Å²) in [5, 5.41) is 13.5. The normalized spacial score (nSPS) is 17.9. The molecular formula is C27H25N3O4. The van der Waals surface area contributed by atoms with Gasteiger partial charge in [-0.15, -0.1) is 0 Å². The Morgan fingerprint density at radius 1 is 0.941 bits per heavy atom. The number of rotatable bonds is 7. The third-order valence-electron chi connectivity index (χ3n) is 6.35. The minimum absolute atomic E-state index is 0.108. The smallest absolute Gasteiger partial charge is 0.306 e. The van der Waals surface area contributed by atoms with E-state index in [4.69, 9.17) is 4.74 Å². The highest BCUT2D eigenvalue weighted by Crippen LogP contribution is 2.32. The topological polar surface area (TPSA) is 104 Å². The predicted molar refractivity (Wildman–Crippen MR) is 129 cm³/mol. The molecule has 7 nitrogen and oxygen atoms in total. The van der Waals surface area contributed by atoms with Gasteiger partial charge in [0.25, 0.3) is 0 Å². The number of fused-ring (bicyclic) bond motifs is 1. The average Bonchev–Trinajstić information content (AvgIpc) is 3.30. The van der Waals surface area contributed by atoms with Gasteiger partial charge in [-0.05, 0) is 68.1 Å². The molecule has 1 saturated carbocycles. The van der Waals surface area contributed by atoms with Gasteiger partial charge in [-0.25, -0.2) is 4.98 Å². The van der Waals surface area contributed by atoms with Gasteiger partial charge in [-0.1, -0.05) is 18.2 Å². The molecule has 0 radical (unpaired) electrons. The molecule has 3 N–H and O–H groups in total. The van der Waals surface area contributed by atoms with Crippen molar-refractivity contribution in [2.75, 3.05) is 5.32 Å². The summed E-state index contributed by atoms with van der Waals surface area (Å²) < 4.78 is 5.83. The SMILES string of the molecule is O=C(c1ccc(Oc2ccccc2)cc1)c1c[nH]c2nccc(NC3CCC(C(=O)O)CC3)c12. The molecule has 0 atom stereocenters. The van der Waals surface area contributed by atoms with Crippen LogP contribution in [0, 0.1) is 5.92 Å². The monoisotopic (exact) mass is 455 g/mol. The van der Waals surface area contributed by atoms with E-state index in [1.807, 2.05) is 36.4 Å². The number of benzene rings is 2. The lowest BCUT2D eigenvalue weighted by molar-refractivity contribution is -0.142. The average molecular weight is 456 g/mol. The van der Waals surface area contributed by atoms with Gasteiger partial charge in [-0.2, -0.15) is 0 Å². The molecule has 4 aromatic rings. The van der Waals surface area contributed by atoms with E-state index in [-0.39, 0.29) is 17.7 Å². The van der Waals surface area contributed by atoms with Gasteiger partial charge in [0.1, 0.15) is 17.1 Å². The second-order valence-corrected chi connectivity index (χ2v) is 8.58.